The van der Waals surface area contributed by atoms with Crippen molar-refractivity contribution in [3.8, 4) is 0 Å². The minimum absolute atomic E-state index is 0.0234. The fourth-order valence-electron chi connectivity index (χ4n) is 2.85. The first-order valence-corrected chi connectivity index (χ1v) is 9.12. The Balaban J connectivity index is 1.96. The van der Waals surface area contributed by atoms with Gasteiger partial charge in [-0.2, -0.15) is 0 Å². The van der Waals surface area contributed by atoms with Crippen molar-refractivity contribution >= 4 is 39.2 Å². The van der Waals surface area contributed by atoms with Crippen LogP contribution in [0.5, 0.6) is 0 Å². The molecule has 3 amide bonds. The van der Waals surface area contributed by atoms with E-state index in [4.69, 9.17) is 11.6 Å². The third-order valence-corrected chi connectivity index (χ3v) is 5.54. The molecule has 7 nitrogen and oxygen atoms in total. The Labute approximate surface area is 137 Å². The number of carbonyl (C=O) groups is 3. The van der Waals surface area contributed by atoms with Crippen LogP contribution < -0.4 is 5.32 Å². The zero-order chi connectivity index (χ0) is 16.9. The molecule has 1 fully saturated rings. The maximum Gasteiger partial charge on any atom is 0.255 e. The lowest BCUT2D eigenvalue weighted by Crippen LogP contribution is -2.52. The molecule has 0 radical (unpaired) electrons. The average molecular weight is 357 g/mol. The topological polar surface area (TPSA) is 101 Å². The van der Waals surface area contributed by atoms with Gasteiger partial charge in [-0.15, -0.1) is 0 Å². The third kappa shape index (κ3) is 2.72. The molecule has 9 heteroatoms. The van der Waals surface area contributed by atoms with Crippen molar-refractivity contribution in [2.24, 2.45) is 0 Å². The van der Waals surface area contributed by atoms with Crippen LogP contribution in [0, 0.1) is 0 Å². The SMILES string of the molecule is CS(=O)(=O)c1cc2c(cc1Cl)C(=O)N(C1CCC(=O)NC1=O)C2. The van der Waals surface area contributed by atoms with E-state index >= 15 is 0 Å². The molecule has 1 aromatic rings. The Hall–Kier alpha value is -1.93. The van der Waals surface area contributed by atoms with E-state index in [0.717, 1.165) is 6.26 Å². The molecule has 1 atom stereocenters. The molecule has 122 valence electrons. The Morgan fingerprint density at radius 2 is 1.96 bits per heavy atom. The van der Waals surface area contributed by atoms with Gasteiger partial charge in [-0.1, -0.05) is 11.6 Å². The monoisotopic (exact) mass is 356 g/mol. The number of imide groups is 1. The third-order valence-electron chi connectivity index (χ3n) is 3.98. The Kier molecular flexibility index (Phi) is 3.68. The van der Waals surface area contributed by atoms with Crippen molar-refractivity contribution in [3.63, 3.8) is 0 Å². The summed E-state index contributed by atoms with van der Waals surface area (Å²) in [7, 11) is -3.52. The van der Waals surface area contributed by atoms with Crippen LogP contribution in [0.1, 0.15) is 28.8 Å². The number of benzene rings is 1. The maximum absolute atomic E-state index is 12.5. The molecule has 2 heterocycles. The molecule has 1 aromatic carbocycles. The quantitative estimate of drug-likeness (QED) is 0.778. The first kappa shape index (κ1) is 15.9. The summed E-state index contributed by atoms with van der Waals surface area (Å²) in [5.41, 5.74) is 0.789. The molecular weight excluding hydrogens is 344 g/mol. The number of hydrogen-bond acceptors (Lipinski definition) is 5. The van der Waals surface area contributed by atoms with E-state index in [-0.39, 0.29) is 40.8 Å². The van der Waals surface area contributed by atoms with Crippen LogP contribution in [0.3, 0.4) is 0 Å². The zero-order valence-corrected chi connectivity index (χ0v) is 13.7. The van der Waals surface area contributed by atoms with Crippen molar-refractivity contribution in [2.75, 3.05) is 6.26 Å². The lowest BCUT2D eigenvalue weighted by molar-refractivity contribution is -0.136. The predicted molar refractivity (Wildman–Crippen MR) is 80.6 cm³/mol. The number of sulfone groups is 1. The van der Waals surface area contributed by atoms with Crippen molar-refractivity contribution in [1.82, 2.24) is 10.2 Å². The number of nitrogens with one attached hydrogen (secondary N) is 1. The van der Waals surface area contributed by atoms with E-state index in [1.807, 2.05) is 0 Å². The maximum atomic E-state index is 12.5. The first-order chi connectivity index (χ1) is 10.7. The Morgan fingerprint density at radius 3 is 2.57 bits per heavy atom. The molecule has 1 saturated heterocycles. The summed E-state index contributed by atoms with van der Waals surface area (Å²) >= 11 is 5.97. The highest BCUT2D eigenvalue weighted by molar-refractivity contribution is 7.90. The molecule has 0 spiro atoms. The van der Waals surface area contributed by atoms with Crippen LogP contribution in [0.4, 0.5) is 0 Å². The summed E-state index contributed by atoms with van der Waals surface area (Å²) in [4.78, 5) is 36.9. The second-order valence-corrected chi connectivity index (χ2v) is 8.00. The van der Waals surface area contributed by atoms with Crippen LogP contribution in [0.15, 0.2) is 17.0 Å². The Bertz CT molecular complexity index is 849. The predicted octanol–water partition coefficient (Wildman–Crippen LogP) is 0.504. The van der Waals surface area contributed by atoms with Crippen molar-refractivity contribution < 1.29 is 22.8 Å². The van der Waals surface area contributed by atoms with Crippen molar-refractivity contribution in [2.45, 2.75) is 30.3 Å². The van der Waals surface area contributed by atoms with E-state index in [0.29, 0.717) is 5.56 Å². The van der Waals surface area contributed by atoms with Gasteiger partial charge in [0.1, 0.15) is 6.04 Å². The number of carbonyl (C=O) groups excluding carboxylic acids is 3. The second-order valence-electron chi connectivity index (χ2n) is 5.61. The molecule has 0 aromatic heterocycles. The number of rotatable bonds is 2. The van der Waals surface area contributed by atoms with E-state index in [2.05, 4.69) is 5.32 Å². The summed E-state index contributed by atoms with van der Waals surface area (Å²) in [6.45, 7) is 0.111. The van der Waals surface area contributed by atoms with Gasteiger partial charge in [0, 0.05) is 24.8 Å². The molecule has 23 heavy (non-hydrogen) atoms. The van der Waals surface area contributed by atoms with Crippen LogP contribution in [0.25, 0.3) is 0 Å². The van der Waals surface area contributed by atoms with Crippen molar-refractivity contribution in [3.05, 3.63) is 28.3 Å². The highest BCUT2D eigenvalue weighted by atomic mass is 35.5. The fourth-order valence-corrected chi connectivity index (χ4v) is 4.20. The van der Waals surface area contributed by atoms with Gasteiger partial charge < -0.3 is 4.90 Å². The highest BCUT2D eigenvalue weighted by Crippen LogP contribution is 2.33. The summed E-state index contributed by atoms with van der Waals surface area (Å²) in [6, 6.07) is 1.95. The molecule has 0 saturated carbocycles. The minimum atomic E-state index is -3.52. The van der Waals surface area contributed by atoms with Gasteiger partial charge in [0.15, 0.2) is 9.84 Å². The van der Waals surface area contributed by atoms with Crippen LogP contribution in [-0.2, 0) is 26.0 Å². The van der Waals surface area contributed by atoms with E-state index in [1.165, 1.54) is 17.0 Å². The standard InChI is InChI=1S/C14H13ClN2O5S/c1-23(21,22)11-4-7-6-17(14(20)8(7)5-9(11)15)10-2-3-12(18)16-13(10)19/h4-5,10H,2-3,6H2,1H3,(H,16,18,19). The lowest BCUT2D eigenvalue weighted by atomic mass is 10.0. The van der Waals surface area contributed by atoms with Gasteiger partial charge in [-0.25, -0.2) is 8.42 Å². The van der Waals surface area contributed by atoms with Crippen LogP contribution >= 0.6 is 11.6 Å². The van der Waals surface area contributed by atoms with Gasteiger partial charge in [-0.05, 0) is 24.1 Å². The molecule has 0 bridgehead atoms. The molecule has 0 aliphatic carbocycles. The van der Waals surface area contributed by atoms with E-state index < -0.39 is 27.7 Å². The van der Waals surface area contributed by atoms with Crippen LogP contribution in [0.2, 0.25) is 5.02 Å². The smallest absolute Gasteiger partial charge is 0.255 e. The number of nitrogens with zero attached hydrogens (tertiary/aromatic N) is 1. The van der Waals surface area contributed by atoms with Crippen LogP contribution in [-0.4, -0.2) is 43.3 Å². The molecule has 2 aliphatic rings. The molecule has 1 unspecified atom stereocenters. The van der Waals surface area contributed by atoms with Gasteiger partial charge >= 0.3 is 0 Å². The largest absolute Gasteiger partial charge is 0.322 e. The molecular formula is C14H13ClN2O5S. The molecule has 1 N–H and O–H groups in total. The lowest BCUT2D eigenvalue weighted by Gasteiger charge is -2.29. The Morgan fingerprint density at radius 1 is 1.26 bits per heavy atom. The zero-order valence-electron chi connectivity index (χ0n) is 12.1. The average Bonchev–Trinajstić information content (AvgIpc) is 2.74. The number of amides is 3. The highest BCUT2D eigenvalue weighted by Gasteiger charge is 2.39. The van der Waals surface area contributed by atoms with E-state index in [1.54, 1.807) is 0 Å². The number of hydrogen-bond donors (Lipinski definition) is 1. The fraction of sp³-hybridized carbons (Fsp3) is 0.357. The van der Waals surface area contributed by atoms with Gasteiger partial charge in [0.25, 0.3) is 5.91 Å². The minimum Gasteiger partial charge on any atom is -0.322 e. The molecule has 3 rings (SSSR count). The second kappa shape index (κ2) is 5.31. The normalized spacial score (nSPS) is 21.4. The summed E-state index contributed by atoms with van der Waals surface area (Å²) < 4.78 is 23.4. The van der Waals surface area contributed by atoms with Gasteiger partial charge in [-0.3, -0.25) is 19.7 Å². The van der Waals surface area contributed by atoms with Gasteiger partial charge in [0.05, 0.1) is 9.92 Å². The number of piperidine rings is 1. The summed E-state index contributed by atoms with van der Waals surface area (Å²) in [5, 5.41) is 2.18. The number of fused-ring (bicyclic) bond motifs is 1. The van der Waals surface area contributed by atoms with E-state index in [9.17, 15) is 22.8 Å². The number of halogens is 1. The summed E-state index contributed by atoms with van der Waals surface area (Å²) in [5.74, 6) is -1.27. The first-order valence-electron chi connectivity index (χ1n) is 6.85. The van der Waals surface area contributed by atoms with Gasteiger partial charge in [0.2, 0.25) is 11.8 Å². The molecule has 2 aliphatic heterocycles. The van der Waals surface area contributed by atoms with Crippen molar-refractivity contribution in [1.29, 1.82) is 0 Å². The summed E-state index contributed by atoms with van der Waals surface area (Å²) in [6.07, 6.45) is 1.44.